The molecule has 0 saturated carbocycles. The predicted molar refractivity (Wildman–Crippen MR) is 93.1 cm³/mol. The van der Waals surface area contributed by atoms with Gasteiger partial charge in [0.05, 0.1) is 12.5 Å². The molecule has 22 heavy (non-hydrogen) atoms. The Labute approximate surface area is 136 Å². The summed E-state index contributed by atoms with van der Waals surface area (Å²) < 4.78 is 5.39. The fourth-order valence-corrected chi connectivity index (χ4v) is 2.55. The standard InChI is InChI=1S/C20H32O2/c1-5-6-7-8-9-14-22-20(21)17(4)19-12-10-18(11-13-19)15-16(2)3/h10-13,16-17H,5-9,14-15H2,1-4H3. The zero-order valence-corrected chi connectivity index (χ0v) is 14.7. The lowest BCUT2D eigenvalue weighted by Gasteiger charge is -2.13. The fraction of sp³-hybridized carbons (Fsp3) is 0.650. The molecule has 2 nitrogen and oxygen atoms in total. The van der Waals surface area contributed by atoms with Crippen molar-refractivity contribution in [1.29, 1.82) is 0 Å². The summed E-state index contributed by atoms with van der Waals surface area (Å²) in [5, 5.41) is 0. The molecule has 1 rings (SSSR count). The molecule has 0 spiro atoms. The summed E-state index contributed by atoms with van der Waals surface area (Å²) in [7, 11) is 0. The van der Waals surface area contributed by atoms with Crippen LogP contribution in [0.1, 0.15) is 76.8 Å². The van der Waals surface area contributed by atoms with E-state index in [0.717, 1.165) is 24.8 Å². The number of unbranched alkanes of at least 4 members (excludes halogenated alkanes) is 4. The van der Waals surface area contributed by atoms with Crippen LogP contribution in [0.2, 0.25) is 0 Å². The number of hydrogen-bond donors (Lipinski definition) is 0. The molecule has 1 unspecified atom stereocenters. The van der Waals surface area contributed by atoms with Gasteiger partial charge >= 0.3 is 5.97 Å². The van der Waals surface area contributed by atoms with Crippen LogP contribution in [0.25, 0.3) is 0 Å². The molecule has 124 valence electrons. The number of carbonyl (C=O) groups excluding carboxylic acids is 1. The highest BCUT2D eigenvalue weighted by Crippen LogP contribution is 2.19. The van der Waals surface area contributed by atoms with Crippen LogP contribution in [0.4, 0.5) is 0 Å². The van der Waals surface area contributed by atoms with Crippen LogP contribution in [0.3, 0.4) is 0 Å². The van der Waals surface area contributed by atoms with Crippen molar-refractivity contribution in [2.75, 3.05) is 6.61 Å². The molecule has 0 fully saturated rings. The zero-order valence-electron chi connectivity index (χ0n) is 14.7. The Hall–Kier alpha value is -1.31. The van der Waals surface area contributed by atoms with Gasteiger partial charge in [-0.2, -0.15) is 0 Å². The topological polar surface area (TPSA) is 26.3 Å². The first-order chi connectivity index (χ1) is 10.5. The van der Waals surface area contributed by atoms with Crippen molar-refractivity contribution in [3.05, 3.63) is 35.4 Å². The van der Waals surface area contributed by atoms with Gasteiger partial charge in [-0.15, -0.1) is 0 Å². The molecule has 1 aromatic rings. The summed E-state index contributed by atoms with van der Waals surface area (Å²) in [5.74, 6) is 0.372. The van der Waals surface area contributed by atoms with Gasteiger partial charge in [-0.05, 0) is 36.8 Å². The zero-order chi connectivity index (χ0) is 16.4. The molecule has 0 saturated heterocycles. The third-order valence-corrected chi connectivity index (χ3v) is 3.97. The van der Waals surface area contributed by atoms with Crippen LogP contribution in [-0.2, 0) is 16.0 Å². The Bertz CT molecular complexity index is 420. The van der Waals surface area contributed by atoms with E-state index < -0.39 is 0 Å². The van der Waals surface area contributed by atoms with E-state index in [9.17, 15) is 4.79 Å². The van der Waals surface area contributed by atoms with Crippen LogP contribution in [-0.4, -0.2) is 12.6 Å². The second-order valence-electron chi connectivity index (χ2n) is 6.64. The van der Waals surface area contributed by atoms with Crippen LogP contribution < -0.4 is 0 Å². The molecule has 0 amide bonds. The van der Waals surface area contributed by atoms with Crippen molar-refractivity contribution < 1.29 is 9.53 Å². The molecule has 0 aliphatic heterocycles. The molecular formula is C20H32O2. The van der Waals surface area contributed by atoms with Gasteiger partial charge < -0.3 is 4.74 Å². The molecule has 0 bridgehead atoms. The number of hydrogen-bond acceptors (Lipinski definition) is 2. The normalized spacial score (nSPS) is 12.4. The van der Waals surface area contributed by atoms with E-state index in [-0.39, 0.29) is 11.9 Å². The molecule has 0 aromatic heterocycles. The number of benzene rings is 1. The Morgan fingerprint density at radius 1 is 1.00 bits per heavy atom. The summed E-state index contributed by atoms with van der Waals surface area (Å²) in [6.45, 7) is 9.12. The minimum Gasteiger partial charge on any atom is -0.465 e. The summed E-state index contributed by atoms with van der Waals surface area (Å²) in [6.07, 6.45) is 6.96. The minimum absolute atomic E-state index is 0.105. The highest BCUT2D eigenvalue weighted by atomic mass is 16.5. The largest absolute Gasteiger partial charge is 0.465 e. The molecule has 1 atom stereocenters. The van der Waals surface area contributed by atoms with E-state index in [4.69, 9.17) is 4.74 Å². The maximum absolute atomic E-state index is 12.1. The average Bonchev–Trinajstić information content (AvgIpc) is 2.50. The summed E-state index contributed by atoms with van der Waals surface area (Å²) in [5.41, 5.74) is 2.37. The first kappa shape index (κ1) is 18.7. The Kier molecular flexibility index (Phi) is 8.88. The van der Waals surface area contributed by atoms with Gasteiger partial charge in [-0.1, -0.05) is 70.7 Å². The maximum Gasteiger partial charge on any atom is 0.313 e. The Balaban J connectivity index is 2.36. The van der Waals surface area contributed by atoms with Crippen LogP contribution in [0.15, 0.2) is 24.3 Å². The third-order valence-electron chi connectivity index (χ3n) is 3.97. The lowest BCUT2D eigenvalue weighted by Crippen LogP contribution is -2.14. The van der Waals surface area contributed by atoms with E-state index in [1.54, 1.807) is 0 Å². The second kappa shape index (κ2) is 10.4. The van der Waals surface area contributed by atoms with Gasteiger partial charge in [0.15, 0.2) is 0 Å². The lowest BCUT2D eigenvalue weighted by atomic mass is 9.97. The van der Waals surface area contributed by atoms with Gasteiger partial charge in [0, 0.05) is 0 Å². The number of ether oxygens (including phenoxy) is 1. The van der Waals surface area contributed by atoms with Gasteiger partial charge in [-0.25, -0.2) is 0 Å². The molecule has 1 aromatic carbocycles. The third kappa shape index (κ3) is 7.11. The summed E-state index contributed by atoms with van der Waals surface area (Å²) in [6, 6.07) is 8.38. The van der Waals surface area contributed by atoms with Crippen LogP contribution in [0.5, 0.6) is 0 Å². The van der Waals surface area contributed by atoms with Crippen molar-refractivity contribution in [1.82, 2.24) is 0 Å². The predicted octanol–water partition coefficient (Wildman–Crippen LogP) is 5.50. The molecule has 0 aliphatic rings. The summed E-state index contributed by atoms with van der Waals surface area (Å²) >= 11 is 0. The van der Waals surface area contributed by atoms with E-state index in [2.05, 4.69) is 45.0 Å². The van der Waals surface area contributed by atoms with E-state index in [1.807, 2.05) is 6.92 Å². The number of esters is 1. The number of carbonyl (C=O) groups is 1. The number of rotatable bonds is 10. The summed E-state index contributed by atoms with van der Waals surface area (Å²) in [4.78, 5) is 12.1. The van der Waals surface area contributed by atoms with E-state index in [1.165, 1.54) is 24.8 Å². The van der Waals surface area contributed by atoms with E-state index >= 15 is 0 Å². The van der Waals surface area contributed by atoms with Crippen molar-refractivity contribution >= 4 is 5.97 Å². The lowest BCUT2D eigenvalue weighted by molar-refractivity contribution is -0.145. The molecule has 0 radical (unpaired) electrons. The van der Waals surface area contributed by atoms with Crippen molar-refractivity contribution in [2.24, 2.45) is 5.92 Å². The maximum atomic E-state index is 12.1. The molecule has 0 N–H and O–H groups in total. The van der Waals surface area contributed by atoms with E-state index in [0.29, 0.717) is 12.5 Å². The van der Waals surface area contributed by atoms with Gasteiger partial charge in [0.1, 0.15) is 0 Å². The quantitative estimate of drug-likeness (QED) is 0.421. The van der Waals surface area contributed by atoms with Crippen LogP contribution in [0, 0.1) is 5.92 Å². The Morgan fingerprint density at radius 3 is 2.23 bits per heavy atom. The van der Waals surface area contributed by atoms with Crippen molar-refractivity contribution in [3.8, 4) is 0 Å². The van der Waals surface area contributed by atoms with Gasteiger partial charge in [0.25, 0.3) is 0 Å². The van der Waals surface area contributed by atoms with Crippen LogP contribution >= 0.6 is 0 Å². The Morgan fingerprint density at radius 2 is 1.64 bits per heavy atom. The molecule has 2 heteroatoms. The first-order valence-corrected chi connectivity index (χ1v) is 8.80. The molecule has 0 heterocycles. The fourth-order valence-electron chi connectivity index (χ4n) is 2.55. The van der Waals surface area contributed by atoms with Crippen molar-refractivity contribution in [2.45, 2.75) is 72.1 Å². The smallest absolute Gasteiger partial charge is 0.313 e. The van der Waals surface area contributed by atoms with Crippen molar-refractivity contribution in [3.63, 3.8) is 0 Å². The first-order valence-electron chi connectivity index (χ1n) is 8.80. The highest BCUT2D eigenvalue weighted by Gasteiger charge is 2.16. The highest BCUT2D eigenvalue weighted by molar-refractivity contribution is 5.77. The average molecular weight is 304 g/mol. The SMILES string of the molecule is CCCCCCCOC(=O)C(C)c1ccc(CC(C)C)cc1. The molecular weight excluding hydrogens is 272 g/mol. The monoisotopic (exact) mass is 304 g/mol. The second-order valence-corrected chi connectivity index (χ2v) is 6.64. The molecule has 0 aliphatic carbocycles. The van der Waals surface area contributed by atoms with Gasteiger partial charge in [-0.3, -0.25) is 4.79 Å². The minimum atomic E-state index is -0.177. The van der Waals surface area contributed by atoms with Gasteiger partial charge in [0.2, 0.25) is 0 Å².